The van der Waals surface area contributed by atoms with E-state index in [1.165, 1.54) is 0 Å². The molecule has 2 fully saturated rings. The van der Waals surface area contributed by atoms with Crippen LogP contribution in [-0.4, -0.2) is 23.9 Å². The van der Waals surface area contributed by atoms with E-state index >= 15 is 0 Å². The molecule has 1 unspecified atom stereocenters. The van der Waals surface area contributed by atoms with Crippen molar-refractivity contribution >= 4 is 29.1 Å². The molecule has 1 saturated heterocycles. The van der Waals surface area contributed by atoms with Gasteiger partial charge in [0.2, 0.25) is 5.91 Å². The Morgan fingerprint density at radius 3 is 2.67 bits per heavy atom. The summed E-state index contributed by atoms with van der Waals surface area (Å²) in [5.74, 6) is 0.115. The Morgan fingerprint density at radius 2 is 2.05 bits per heavy atom. The van der Waals surface area contributed by atoms with E-state index in [0.717, 1.165) is 18.4 Å². The second-order valence-corrected chi connectivity index (χ2v) is 6.59. The van der Waals surface area contributed by atoms with E-state index in [-0.39, 0.29) is 17.7 Å². The smallest absolute Gasteiger partial charge is 0.252 e. The summed E-state index contributed by atoms with van der Waals surface area (Å²) in [5.41, 5.74) is 0.933. The van der Waals surface area contributed by atoms with Crippen molar-refractivity contribution in [3.63, 3.8) is 0 Å². The van der Waals surface area contributed by atoms with Crippen LogP contribution in [-0.2, 0) is 9.59 Å². The van der Waals surface area contributed by atoms with Crippen molar-refractivity contribution in [1.82, 2.24) is 5.32 Å². The number of carbonyl (C=O) groups is 2. The van der Waals surface area contributed by atoms with Crippen LogP contribution < -0.4 is 10.2 Å². The van der Waals surface area contributed by atoms with Crippen LogP contribution in [0.1, 0.15) is 31.7 Å². The molecule has 1 atom stereocenters. The zero-order valence-corrected chi connectivity index (χ0v) is 13.0. The lowest BCUT2D eigenvalue weighted by Gasteiger charge is -2.32. The molecule has 0 aromatic heterocycles. The Balaban J connectivity index is 2.00. The SMILES string of the molecule is Cc1ccc(N2CCC(=O)NC(C)(C3CC3)C2=O)c(Cl)c1. The summed E-state index contributed by atoms with van der Waals surface area (Å²) in [4.78, 5) is 26.6. The number of hydrogen-bond acceptors (Lipinski definition) is 2. The van der Waals surface area contributed by atoms with Crippen LogP contribution in [0.25, 0.3) is 0 Å². The standard InChI is InChI=1S/C16H19ClN2O2/c1-10-3-6-13(12(17)9-10)19-8-7-14(20)18-16(2,15(19)21)11-4-5-11/h3,6,9,11H,4-5,7-8H2,1-2H3,(H,18,20). The predicted molar refractivity (Wildman–Crippen MR) is 82.4 cm³/mol. The molecule has 2 amide bonds. The van der Waals surface area contributed by atoms with Crippen molar-refractivity contribution in [1.29, 1.82) is 0 Å². The highest BCUT2D eigenvalue weighted by Crippen LogP contribution is 2.42. The van der Waals surface area contributed by atoms with Gasteiger partial charge in [0.05, 0.1) is 10.7 Å². The van der Waals surface area contributed by atoms with E-state index in [2.05, 4.69) is 5.32 Å². The van der Waals surface area contributed by atoms with E-state index in [4.69, 9.17) is 11.6 Å². The summed E-state index contributed by atoms with van der Waals surface area (Å²) in [6, 6.07) is 5.64. The molecule has 0 bridgehead atoms. The van der Waals surface area contributed by atoms with Crippen molar-refractivity contribution in [3.8, 4) is 0 Å². The molecule has 1 aromatic rings. The van der Waals surface area contributed by atoms with Crippen LogP contribution in [0.15, 0.2) is 18.2 Å². The number of nitrogens with one attached hydrogen (secondary N) is 1. The summed E-state index contributed by atoms with van der Waals surface area (Å²) in [5, 5.41) is 3.48. The van der Waals surface area contributed by atoms with Crippen molar-refractivity contribution < 1.29 is 9.59 Å². The normalized spacial score (nSPS) is 26.5. The van der Waals surface area contributed by atoms with E-state index in [9.17, 15) is 9.59 Å². The van der Waals surface area contributed by atoms with Gasteiger partial charge in [-0.1, -0.05) is 17.7 Å². The lowest BCUT2D eigenvalue weighted by molar-refractivity contribution is -0.130. The van der Waals surface area contributed by atoms with Crippen molar-refractivity contribution in [2.24, 2.45) is 5.92 Å². The minimum Gasteiger partial charge on any atom is -0.342 e. The third kappa shape index (κ3) is 2.53. The highest BCUT2D eigenvalue weighted by atomic mass is 35.5. The van der Waals surface area contributed by atoms with Gasteiger partial charge < -0.3 is 10.2 Å². The Labute approximate surface area is 129 Å². The minimum absolute atomic E-state index is 0.0541. The first-order valence-corrected chi connectivity index (χ1v) is 7.69. The fourth-order valence-corrected chi connectivity index (χ4v) is 3.34. The first kappa shape index (κ1) is 14.4. The van der Waals surface area contributed by atoms with Gasteiger partial charge in [0, 0.05) is 13.0 Å². The van der Waals surface area contributed by atoms with Crippen molar-refractivity contribution in [3.05, 3.63) is 28.8 Å². The van der Waals surface area contributed by atoms with Crippen molar-refractivity contribution in [2.75, 3.05) is 11.4 Å². The molecule has 112 valence electrons. The van der Waals surface area contributed by atoms with Gasteiger partial charge in [-0.25, -0.2) is 0 Å². The molecule has 1 aliphatic heterocycles. The number of anilines is 1. The fourth-order valence-electron chi connectivity index (χ4n) is 3.00. The monoisotopic (exact) mass is 306 g/mol. The topological polar surface area (TPSA) is 49.4 Å². The van der Waals surface area contributed by atoms with Crippen LogP contribution in [0.4, 0.5) is 5.69 Å². The number of hydrogen-bond donors (Lipinski definition) is 1. The molecule has 1 aliphatic carbocycles. The molecule has 0 radical (unpaired) electrons. The second kappa shape index (κ2) is 5.02. The van der Waals surface area contributed by atoms with E-state index in [0.29, 0.717) is 23.7 Å². The molecule has 1 N–H and O–H groups in total. The maximum atomic E-state index is 13.0. The third-order valence-electron chi connectivity index (χ3n) is 4.44. The van der Waals surface area contributed by atoms with Gasteiger partial charge in [0.25, 0.3) is 5.91 Å². The van der Waals surface area contributed by atoms with Crippen LogP contribution in [0, 0.1) is 12.8 Å². The lowest BCUT2D eigenvalue weighted by atomic mass is 9.94. The molecule has 4 nitrogen and oxygen atoms in total. The number of rotatable bonds is 2. The molecule has 1 aromatic carbocycles. The quantitative estimate of drug-likeness (QED) is 0.913. The largest absolute Gasteiger partial charge is 0.342 e. The van der Waals surface area contributed by atoms with Gasteiger partial charge in [-0.15, -0.1) is 0 Å². The van der Waals surface area contributed by atoms with Crippen LogP contribution in [0.5, 0.6) is 0 Å². The Hall–Kier alpha value is -1.55. The fraction of sp³-hybridized carbons (Fsp3) is 0.500. The molecular weight excluding hydrogens is 288 g/mol. The Morgan fingerprint density at radius 1 is 1.33 bits per heavy atom. The maximum absolute atomic E-state index is 13.0. The number of carbonyl (C=O) groups excluding carboxylic acids is 2. The van der Waals surface area contributed by atoms with Gasteiger partial charge in [-0.3, -0.25) is 9.59 Å². The van der Waals surface area contributed by atoms with Gasteiger partial charge in [0.1, 0.15) is 5.54 Å². The third-order valence-corrected chi connectivity index (χ3v) is 4.74. The maximum Gasteiger partial charge on any atom is 0.252 e. The molecule has 0 spiro atoms. The van der Waals surface area contributed by atoms with E-state index < -0.39 is 5.54 Å². The lowest BCUT2D eigenvalue weighted by Crippen LogP contribution is -2.57. The van der Waals surface area contributed by atoms with Gasteiger partial charge in [0.15, 0.2) is 0 Å². The number of nitrogens with zero attached hydrogens (tertiary/aromatic N) is 1. The first-order valence-electron chi connectivity index (χ1n) is 7.31. The summed E-state index contributed by atoms with van der Waals surface area (Å²) in [7, 11) is 0. The Kier molecular flexibility index (Phi) is 3.44. The predicted octanol–water partition coefficient (Wildman–Crippen LogP) is 2.67. The molecule has 2 aliphatic rings. The average Bonchev–Trinajstić information content (AvgIpc) is 3.24. The molecule has 1 heterocycles. The van der Waals surface area contributed by atoms with Crippen LogP contribution in [0.2, 0.25) is 5.02 Å². The zero-order valence-electron chi connectivity index (χ0n) is 12.3. The average molecular weight is 307 g/mol. The molecular formula is C16H19ClN2O2. The van der Waals surface area contributed by atoms with Gasteiger partial charge in [-0.2, -0.15) is 0 Å². The van der Waals surface area contributed by atoms with Gasteiger partial charge in [-0.05, 0) is 50.3 Å². The van der Waals surface area contributed by atoms with E-state index in [1.807, 2.05) is 32.0 Å². The Bertz CT molecular complexity index is 612. The molecule has 5 heteroatoms. The summed E-state index contributed by atoms with van der Waals surface area (Å²) >= 11 is 6.31. The number of benzene rings is 1. The van der Waals surface area contributed by atoms with Gasteiger partial charge >= 0.3 is 0 Å². The highest BCUT2D eigenvalue weighted by molar-refractivity contribution is 6.34. The first-order chi connectivity index (χ1) is 9.91. The number of halogens is 1. The van der Waals surface area contributed by atoms with Crippen molar-refractivity contribution in [2.45, 2.75) is 38.6 Å². The highest BCUT2D eigenvalue weighted by Gasteiger charge is 2.51. The minimum atomic E-state index is -0.804. The zero-order chi connectivity index (χ0) is 15.2. The molecule has 1 saturated carbocycles. The number of aryl methyl sites for hydroxylation is 1. The second-order valence-electron chi connectivity index (χ2n) is 6.19. The van der Waals surface area contributed by atoms with Crippen LogP contribution in [0.3, 0.4) is 0 Å². The molecule has 3 rings (SSSR count). The molecule has 21 heavy (non-hydrogen) atoms. The summed E-state index contributed by atoms with van der Waals surface area (Å²) in [6.07, 6.45) is 2.27. The summed E-state index contributed by atoms with van der Waals surface area (Å²) < 4.78 is 0. The van der Waals surface area contributed by atoms with E-state index in [1.54, 1.807) is 4.90 Å². The van der Waals surface area contributed by atoms with Crippen LogP contribution >= 0.6 is 11.6 Å². The summed E-state index contributed by atoms with van der Waals surface area (Å²) in [6.45, 7) is 4.17. The number of amides is 2.